The molecule has 1 aromatic heterocycles. The molecule has 3 heterocycles. The van der Waals surface area contributed by atoms with Crippen LogP contribution in [-0.2, 0) is 21.4 Å². The van der Waals surface area contributed by atoms with Crippen LogP contribution in [0.2, 0.25) is 0 Å². The molecule has 13 heteroatoms. The van der Waals surface area contributed by atoms with Crippen LogP contribution in [-0.4, -0.2) is 69.3 Å². The summed E-state index contributed by atoms with van der Waals surface area (Å²) in [6.07, 6.45) is 19.4. The van der Waals surface area contributed by atoms with Crippen molar-refractivity contribution in [1.29, 1.82) is 0 Å². The number of ether oxygens (including phenoxy) is 1. The molecule has 1 N–H and O–H groups in total. The molecule has 2 aliphatic heterocycles. The van der Waals surface area contributed by atoms with E-state index in [0.717, 1.165) is 68.7 Å². The Morgan fingerprint density at radius 2 is 1.63 bits per heavy atom. The summed E-state index contributed by atoms with van der Waals surface area (Å²) >= 11 is 0. The first kappa shape index (κ1) is 43.7. The summed E-state index contributed by atoms with van der Waals surface area (Å²) < 4.78 is 7.58. The average Bonchev–Trinajstić information content (AvgIpc) is 3.58. The summed E-state index contributed by atoms with van der Waals surface area (Å²) in [5.74, 6) is 5.38. The molecule has 11 nitrogen and oxygen atoms in total. The second-order valence-electron chi connectivity index (χ2n) is 16.1. The number of aryl methyl sites for hydroxylation is 1. The number of carbonyl (C=O) groups is 4. The largest absolute Gasteiger partial charge is 1.00 e. The molecule has 8 rings (SSSR count). The Bertz CT molecular complexity index is 1770. The van der Waals surface area contributed by atoms with Crippen LogP contribution in [0.3, 0.4) is 0 Å². The molecule has 0 radical (unpaired) electrons. The van der Waals surface area contributed by atoms with Crippen molar-refractivity contribution < 1.29 is 71.8 Å². The fourth-order valence-corrected chi connectivity index (χ4v) is 11.2. The number of ketones is 1. The molecule has 2 aromatic rings. The molecule has 1 aromatic carbocycles. The second kappa shape index (κ2) is 17.9. The molecular weight excluding hydrogens is 674 g/mol. The molecule has 280 valence electrons. The Balaban J connectivity index is 0.000000213. The summed E-state index contributed by atoms with van der Waals surface area (Å²) in [4.78, 5) is 47.1. The number of terminal acetylenes is 1. The number of nitrogens with one attached hydrogen (secondary N) is 1. The number of para-hydroxylation sites is 1. The van der Waals surface area contributed by atoms with E-state index in [4.69, 9.17) is 26.2 Å². The van der Waals surface area contributed by atoms with Gasteiger partial charge in [-0.3, -0.25) is 19.1 Å². The van der Waals surface area contributed by atoms with Gasteiger partial charge in [-0.05, 0) is 120 Å². The number of hydrogen-bond acceptors (Lipinski definition) is 9. The van der Waals surface area contributed by atoms with Gasteiger partial charge in [-0.1, -0.05) is 43.0 Å². The number of carbonyl (C=O) groups excluding carboxylic acids is 4. The van der Waals surface area contributed by atoms with E-state index in [1.165, 1.54) is 31.8 Å². The minimum absolute atomic E-state index is 0. The van der Waals surface area contributed by atoms with Crippen LogP contribution in [0, 0.1) is 41.4 Å². The molecular formula is C41H52Li2N4O7. The summed E-state index contributed by atoms with van der Waals surface area (Å²) in [5.41, 5.74) is 2.11. The first-order chi connectivity index (χ1) is 24.8. The number of rotatable bonds is 3. The minimum Gasteiger partial charge on any atom is -0.652 e. The number of piperidine rings is 2. The van der Waals surface area contributed by atoms with Crippen LogP contribution in [0.25, 0.3) is 10.9 Å². The third kappa shape index (κ3) is 8.55. The minimum atomic E-state index is -2.33. The van der Waals surface area contributed by atoms with Gasteiger partial charge >= 0.3 is 43.7 Å². The molecule has 5 fully saturated rings. The normalized spacial score (nSPS) is 33.4. The van der Waals surface area contributed by atoms with E-state index in [-0.39, 0.29) is 61.1 Å². The van der Waals surface area contributed by atoms with Gasteiger partial charge in [0.25, 0.3) is 5.91 Å². The number of carboxylic acid groups (broad SMARTS) is 2. The summed E-state index contributed by atoms with van der Waals surface area (Å²) in [6.45, 7) is 3.73. The van der Waals surface area contributed by atoms with Crippen molar-refractivity contribution in [3.8, 4) is 12.3 Å². The van der Waals surface area contributed by atoms with E-state index < -0.39 is 11.8 Å². The van der Waals surface area contributed by atoms with E-state index in [0.29, 0.717) is 53.7 Å². The predicted molar refractivity (Wildman–Crippen MR) is 191 cm³/mol. The smallest absolute Gasteiger partial charge is 0.652 e. The van der Waals surface area contributed by atoms with Crippen LogP contribution in [0.4, 0.5) is 4.79 Å². The van der Waals surface area contributed by atoms with Gasteiger partial charge in [0.15, 0.2) is 17.1 Å². The van der Waals surface area contributed by atoms with Crippen LogP contribution in [0.15, 0.2) is 35.9 Å². The van der Waals surface area contributed by atoms with Gasteiger partial charge in [0.2, 0.25) is 0 Å². The molecule has 3 saturated carbocycles. The zero-order valence-electron chi connectivity index (χ0n) is 32.9. The van der Waals surface area contributed by atoms with E-state index in [1.807, 2.05) is 37.4 Å². The third-order valence-corrected chi connectivity index (χ3v) is 13.6. The molecule has 54 heavy (non-hydrogen) atoms. The zero-order chi connectivity index (χ0) is 37.4. The quantitative estimate of drug-likeness (QED) is 0.214. The maximum absolute atomic E-state index is 12.7. The average molecular weight is 727 g/mol. The van der Waals surface area contributed by atoms with Crippen molar-refractivity contribution in [3.05, 3.63) is 41.6 Å². The SMILES string of the molecule is C#C[C@]1(OC(C)=O)CC[C@H]2[C@@H]3CCC4=CC(=O)CC[C@@H]4[C@H]3CC[C@@]21C.CN1[C@@H]2CCC[C@H]1CC(NC(=O)c1nn(C)c3ccccc13)C2.O=C([O-])[O-].[Li+].[Li+]. The van der Waals surface area contributed by atoms with Gasteiger partial charge in [0, 0.05) is 49.3 Å². The van der Waals surface area contributed by atoms with Crippen molar-refractivity contribution in [2.24, 2.45) is 36.1 Å². The fourth-order valence-electron chi connectivity index (χ4n) is 11.2. The number of hydrogen-bond donors (Lipinski definition) is 1. The maximum atomic E-state index is 12.7. The molecule has 2 bridgehead atoms. The monoisotopic (exact) mass is 726 g/mol. The van der Waals surface area contributed by atoms with Crippen LogP contribution >= 0.6 is 0 Å². The van der Waals surface area contributed by atoms with Crippen molar-refractivity contribution >= 4 is 34.7 Å². The second-order valence-corrected chi connectivity index (χ2v) is 16.1. The van der Waals surface area contributed by atoms with E-state index in [2.05, 4.69) is 35.2 Å². The van der Waals surface area contributed by atoms with E-state index >= 15 is 0 Å². The third-order valence-electron chi connectivity index (χ3n) is 13.6. The molecule has 6 aliphatic rings. The number of amides is 1. The number of aromatic nitrogens is 2. The maximum Gasteiger partial charge on any atom is 1.00 e. The number of esters is 1. The summed E-state index contributed by atoms with van der Waals surface area (Å²) in [5, 5.41) is 25.3. The topological polar surface area (TPSA) is 157 Å². The fraction of sp³-hybridized carbons (Fsp3) is 0.634. The first-order valence-corrected chi connectivity index (χ1v) is 19.0. The van der Waals surface area contributed by atoms with Gasteiger partial charge in [-0.25, -0.2) is 0 Å². The summed E-state index contributed by atoms with van der Waals surface area (Å²) in [7, 11) is 4.12. The molecule has 0 spiro atoms. The molecule has 9 atom stereocenters. The Labute approximate surface area is 343 Å². The molecule has 1 unspecified atom stereocenters. The van der Waals surface area contributed by atoms with Gasteiger partial charge in [0.1, 0.15) is 0 Å². The number of benzene rings is 1. The Morgan fingerprint density at radius 3 is 2.28 bits per heavy atom. The van der Waals surface area contributed by atoms with Crippen molar-refractivity contribution in [2.45, 2.75) is 121 Å². The zero-order valence-corrected chi connectivity index (χ0v) is 32.9. The van der Waals surface area contributed by atoms with E-state index in [1.54, 1.807) is 4.68 Å². The van der Waals surface area contributed by atoms with Crippen molar-refractivity contribution in [3.63, 3.8) is 0 Å². The standard InChI is InChI=1S/C22H28O3.C18H24N4O.CH2O3.2Li/c1-4-22(25-14(2)23)12-10-20-19-7-5-15-13-16(24)6-8-17(15)18(19)9-11-21(20,22)3;1-21-13-6-5-7-14(21)11-12(10-13)19-18(23)17-15-8-3-4-9-16(15)22(2)20-17;2-1(3)4;;/h1,13,17-20H,5-12H2,2-3H3;3-4,8-9,12-14H,5-7,10-11H2,1-2H3,(H,19,23);(H2,2,3,4);;/q;;;2*+1/p-2/t17-,18+,19+,20-,21-,22-;12?,13-,14+;;;/m0..../s1. The van der Waals surface area contributed by atoms with Gasteiger partial charge < -0.3 is 30.0 Å². The van der Waals surface area contributed by atoms with Crippen molar-refractivity contribution in [1.82, 2.24) is 20.0 Å². The molecule has 1 amide bonds. The van der Waals surface area contributed by atoms with Gasteiger partial charge in [-0.15, -0.1) is 6.42 Å². The first-order valence-electron chi connectivity index (χ1n) is 19.0. The number of fused-ring (bicyclic) bond motifs is 8. The van der Waals surface area contributed by atoms with E-state index in [9.17, 15) is 14.4 Å². The van der Waals surface area contributed by atoms with Gasteiger partial charge in [0.05, 0.1) is 5.52 Å². The Morgan fingerprint density at radius 1 is 0.963 bits per heavy atom. The van der Waals surface area contributed by atoms with Gasteiger partial charge in [-0.2, -0.15) is 5.10 Å². The van der Waals surface area contributed by atoms with Crippen LogP contribution < -0.4 is 53.3 Å². The Hall–Kier alpha value is -2.98. The van der Waals surface area contributed by atoms with Crippen LogP contribution in [0.5, 0.6) is 0 Å². The number of allylic oxidation sites excluding steroid dienone is 1. The van der Waals surface area contributed by atoms with Crippen LogP contribution in [0.1, 0.15) is 108 Å². The number of nitrogens with zero attached hydrogens (tertiary/aromatic N) is 3. The van der Waals surface area contributed by atoms with Crippen molar-refractivity contribution in [2.75, 3.05) is 7.05 Å². The Kier molecular flexibility index (Phi) is 14.5. The molecule has 4 aliphatic carbocycles. The molecule has 2 saturated heterocycles. The predicted octanol–water partition coefficient (Wildman–Crippen LogP) is -2.06. The summed E-state index contributed by atoms with van der Waals surface area (Å²) in [6, 6.07) is 9.42.